The molecule has 0 atom stereocenters. The van der Waals surface area contributed by atoms with Crippen molar-refractivity contribution in [1.82, 2.24) is 9.38 Å². The Morgan fingerprint density at radius 2 is 2.26 bits per heavy atom. The first kappa shape index (κ1) is 12.7. The van der Waals surface area contributed by atoms with Gasteiger partial charge in [-0.15, -0.1) is 22.9 Å². The standard InChI is InChI=1S/C12H7Cl2FN2OS/c13-6-9-11(16-12-17(9)3-4-19-12)18-10-5-7(15)1-2-8(10)14/h1-5H,6H2. The highest BCUT2D eigenvalue weighted by Crippen LogP contribution is 2.33. The van der Waals surface area contributed by atoms with Gasteiger partial charge in [0.05, 0.1) is 10.9 Å². The Morgan fingerprint density at radius 3 is 3.05 bits per heavy atom. The van der Waals surface area contributed by atoms with Crippen LogP contribution in [0.4, 0.5) is 4.39 Å². The third kappa shape index (κ3) is 2.29. The number of imidazole rings is 1. The fourth-order valence-electron chi connectivity index (χ4n) is 1.68. The summed E-state index contributed by atoms with van der Waals surface area (Å²) in [5.74, 6) is 0.376. The summed E-state index contributed by atoms with van der Waals surface area (Å²) in [7, 11) is 0. The lowest BCUT2D eigenvalue weighted by atomic mass is 10.3. The molecule has 0 bridgehead atoms. The van der Waals surface area contributed by atoms with E-state index in [4.69, 9.17) is 27.9 Å². The van der Waals surface area contributed by atoms with Crippen molar-refractivity contribution in [2.45, 2.75) is 5.88 Å². The lowest BCUT2D eigenvalue weighted by Crippen LogP contribution is -1.92. The fraction of sp³-hybridized carbons (Fsp3) is 0.0833. The largest absolute Gasteiger partial charge is 0.436 e. The van der Waals surface area contributed by atoms with Crippen LogP contribution in [0.1, 0.15) is 5.69 Å². The molecule has 0 unspecified atom stereocenters. The SMILES string of the molecule is Fc1ccc(Cl)c(Oc2nc3sccn3c2CCl)c1. The van der Waals surface area contributed by atoms with Gasteiger partial charge in [-0.2, -0.15) is 4.98 Å². The molecule has 3 rings (SSSR count). The number of benzene rings is 1. The molecule has 0 aliphatic heterocycles. The molecule has 0 radical (unpaired) electrons. The lowest BCUT2D eigenvalue weighted by molar-refractivity contribution is 0.457. The van der Waals surface area contributed by atoms with Crippen LogP contribution in [0.2, 0.25) is 5.02 Å². The van der Waals surface area contributed by atoms with E-state index in [9.17, 15) is 4.39 Å². The number of hydrogen-bond donors (Lipinski definition) is 0. The molecule has 0 N–H and O–H groups in total. The molecule has 3 nitrogen and oxygen atoms in total. The van der Waals surface area contributed by atoms with Crippen molar-refractivity contribution in [3.63, 3.8) is 0 Å². The number of hydrogen-bond acceptors (Lipinski definition) is 3. The molecule has 98 valence electrons. The predicted molar refractivity (Wildman–Crippen MR) is 74.1 cm³/mol. The summed E-state index contributed by atoms with van der Waals surface area (Å²) >= 11 is 13.3. The Morgan fingerprint density at radius 1 is 1.42 bits per heavy atom. The topological polar surface area (TPSA) is 26.5 Å². The zero-order chi connectivity index (χ0) is 13.4. The number of halogens is 3. The van der Waals surface area contributed by atoms with Crippen molar-refractivity contribution in [3.8, 4) is 11.6 Å². The number of thiazole rings is 1. The van der Waals surface area contributed by atoms with Crippen molar-refractivity contribution in [2.24, 2.45) is 0 Å². The van der Waals surface area contributed by atoms with E-state index in [0.717, 1.165) is 4.96 Å². The number of ether oxygens (including phenoxy) is 1. The van der Waals surface area contributed by atoms with Gasteiger partial charge in [-0.1, -0.05) is 11.6 Å². The normalized spacial score (nSPS) is 11.1. The first-order chi connectivity index (χ1) is 9.19. The molecular weight excluding hydrogens is 310 g/mol. The molecule has 19 heavy (non-hydrogen) atoms. The second-order valence-electron chi connectivity index (χ2n) is 3.73. The van der Waals surface area contributed by atoms with Crippen LogP contribution in [0.25, 0.3) is 4.96 Å². The maximum Gasteiger partial charge on any atom is 0.243 e. The first-order valence-corrected chi connectivity index (χ1v) is 7.11. The van der Waals surface area contributed by atoms with E-state index in [1.54, 1.807) is 0 Å². The molecule has 0 aliphatic rings. The van der Waals surface area contributed by atoms with Crippen molar-refractivity contribution in [1.29, 1.82) is 0 Å². The fourth-order valence-corrected chi connectivity index (χ4v) is 2.80. The highest BCUT2D eigenvalue weighted by molar-refractivity contribution is 7.15. The van der Waals surface area contributed by atoms with E-state index in [1.807, 2.05) is 16.0 Å². The van der Waals surface area contributed by atoms with Gasteiger partial charge in [0.25, 0.3) is 0 Å². The average molecular weight is 317 g/mol. The van der Waals surface area contributed by atoms with Crippen molar-refractivity contribution >= 4 is 39.5 Å². The highest BCUT2D eigenvalue weighted by atomic mass is 35.5. The molecular formula is C12H7Cl2FN2OS. The number of fused-ring (bicyclic) bond motifs is 1. The van der Waals surface area contributed by atoms with Gasteiger partial charge >= 0.3 is 0 Å². The van der Waals surface area contributed by atoms with Crippen LogP contribution in [0, 0.1) is 5.82 Å². The molecule has 0 fully saturated rings. The van der Waals surface area contributed by atoms with Gasteiger partial charge in [0.1, 0.15) is 11.5 Å². The number of rotatable bonds is 3. The molecule has 1 aromatic carbocycles. The van der Waals surface area contributed by atoms with Crippen molar-refractivity contribution < 1.29 is 9.13 Å². The summed E-state index contributed by atoms with van der Waals surface area (Å²) in [6.45, 7) is 0. The zero-order valence-corrected chi connectivity index (χ0v) is 11.8. The highest BCUT2D eigenvalue weighted by Gasteiger charge is 2.15. The van der Waals surface area contributed by atoms with Crippen molar-refractivity contribution in [2.75, 3.05) is 0 Å². The van der Waals surface area contributed by atoms with E-state index >= 15 is 0 Å². The summed E-state index contributed by atoms with van der Waals surface area (Å²) in [6.07, 6.45) is 1.85. The van der Waals surface area contributed by atoms with Crippen LogP contribution in [-0.2, 0) is 5.88 Å². The molecule has 0 saturated heterocycles. The van der Waals surface area contributed by atoms with Gasteiger partial charge in [0.15, 0.2) is 10.7 Å². The third-order valence-electron chi connectivity index (χ3n) is 2.55. The van der Waals surface area contributed by atoms with E-state index in [-0.39, 0.29) is 11.6 Å². The third-order valence-corrected chi connectivity index (χ3v) is 3.87. The molecule has 0 amide bonds. The Hall–Kier alpha value is -1.30. The zero-order valence-electron chi connectivity index (χ0n) is 9.44. The number of aromatic nitrogens is 2. The number of alkyl halides is 1. The minimum absolute atomic E-state index is 0.221. The Labute approximate surface area is 122 Å². The van der Waals surface area contributed by atoms with E-state index < -0.39 is 5.82 Å². The summed E-state index contributed by atoms with van der Waals surface area (Å²) < 4.78 is 20.6. The Balaban J connectivity index is 2.05. The van der Waals surface area contributed by atoms with Crippen LogP contribution >= 0.6 is 34.5 Å². The minimum Gasteiger partial charge on any atom is -0.436 e. The van der Waals surface area contributed by atoms with E-state index in [2.05, 4.69) is 4.98 Å². The van der Waals surface area contributed by atoms with Crippen LogP contribution in [0.5, 0.6) is 11.6 Å². The number of nitrogens with zero attached hydrogens (tertiary/aromatic N) is 2. The smallest absolute Gasteiger partial charge is 0.243 e. The van der Waals surface area contributed by atoms with Gasteiger partial charge < -0.3 is 4.74 Å². The van der Waals surface area contributed by atoms with Crippen LogP contribution in [0.15, 0.2) is 29.8 Å². The van der Waals surface area contributed by atoms with Gasteiger partial charge in [0, 0.05) is 17.6 Å². The maximum atomic E-state index is 13.2. The van der Waals surface area contributed by atoms with E-state index in [1.165, 1.54) is 29.5 Å². The van der Waals surface area contributed by atoms with Crippen LogP contribution in [-0.4, -0.2) is 9.38 Å². The van der Waals surface area contributed by atoms with E-state index in [0.29, 0.717) is 16.6 Å². The molecule has 2 aromatic heterocycles. The summed E-state index contributed by atoms with van der Waals surface area (Å²) in [5.41, 5.74) is 0.707. The summed E-state index contributed by atoms with van der Waals surface area (Å²) in [5, 5.41) is 2.22. The van der Waals surface area contributed by atoms with Crippen molar-refractivity contribution in [3.05, 3.63) is 46.3 Å². The predicted octanol–water partition coefficient (Wildman–Crippen LogP) is 4.72. The maximum absolute atomic E-state index is 13.2. The molecule has 0 saturated carbocycles. The Bertz CT molecular complexity index is 740. The van der Waals surface area contributed by atoms with Crippen LogP contribution in [0.3, 0.4) is 0 Å². The average Bonchev–Trinajstić information content (AvgIpc) is 2.94. The summed E-state index contributed by atoms with van der Waals surface area (Å²) in [6, 6.07) is 3.92. The quantitative estimate of drug-likeness (QED) is 0.654. The first-order valence-electron chi connectivity index (χ1n) is 5.32. The molecule has 7 heteroatoms. The lowest BCUT2D eigenvalue weighted by Gasteiger charge is -2.06. The van der Waals surface area contributed by atoms with Gasteiger partial charge in [-0.3, -0.25) is 4.40 Å². The van der Waals surface area contributed by atoms with Gasteiger partial charge in [0.2, 0.25) is 5.88 Å². The van der Waals surface area contributed by atoms with Crippen LogP contribution < -0.4 is 4.74 Å². The second-order valence-corrected chi connectivity index (χ2v) is 5.28. The van der Waals surface area contributed by atoms with Gasteiger partial charge in [-0.25, -0.2) is 4.39 Å². The summed E-state index contributed by atoms with van der Waals surface area (Å²) in [4.78, 5) is 5.07. The Kier molecular flexibility index (Phi) is 3.35. The minimum atomic E-state index is -0.423. The molecule has 3 aromatic rings. The second kappa shape index (κ2) is 5.00. The molecule has 2 heterocycles. The van der Waals surface area contributed by atoms with Gasteiger partial charge in [-0.05, 0) is 12.1 Å². The molecule has 0 spiro atoms. The molecule has 0 aliphatic carbocycles. The monoisotopic (exact) mass is 316 g/mol.